The van der Waals surface area contributed by atoms with Gasteiger partial charge in [-0.25, -0.2) is 19.9 Å². The van der Waals surface area contributed by atoms with Gasteiger partial charge in [-0.2, -0.15) is 0 Å². The van der Waals surface area contributed by atoms with Crippen LogP contribution >= 0.6 is 0 Å². The zero-order chi connectivity index (χ0) is 30.5. The summed E-state index contributed by atoms with van der Waals surface area (Å²) in [7, 11) is 0. The molecule has 0 aliphatic heterocycles. The number of hydrogen-bond acceptors (Lipinski definition) is 9. The van der Waals surface area contributed by atoms with Crippen molar-refractivity contribution in [2.45, 2.75) is 47.5 Å². The van der Waals surface area contributed by atoms with Crippen molar-refractivity contribution < 1.29 is 9.05 Å². The van der Waals surface area contributed by atoms with E-state index in [1.54, 1.807) is 0 Å². The van der Waals surface area contributed by atoms with E-state index in [1.807, 2.05) is 67.3 Å². The number of hydrogen-bond donors (Lipinski definition) is 0. The second-order valence-electron chi connectivity index (χ2n) is 11.4. The molecule has 9 nitrogen and oxygen atoms in total. The molecule has 0 bridgehead atoms. The van der Waals surface area contributed by atoms with Crippen LogP contribution in [0.15, 0.2) is 81.8 Å². The number of aryl methyl sites for hydroxylation is 4. The molecule has 0 N–H and O–H groups in total. The molecule has 0 unspecified atom stereocenters. The van der Waals surface area contributed by atoms with Gasteiger partial charge in [0.05, 0.1) is 0 Å². The van der Waals surface area contributed by atoms with Gasteiger partial charge in [0.2, 0.25) is 11.2 Å². The van der Waals surface area contributed by atoms with Crippen LogP contribution in [0.5, 0.6) is 0 Å². The zero-order valence-electron chi connectivity index (χ0n) is 25.5. The number of benzene rings is 3. The van der Waals surface area contributed by atoms with Crippen LogP contribution in [0.1, 0.15) is 48.1 Å². The van der Waals surface area contributed by atoms with Crippen molar-refractivity contribution in [1.82, 2.24) is 30.2 Å². The Bertz CT molecular complexity index is 2000. The summed E-state index contributed by atoms with van der Waals surface area (Å²) >= 11 is 0. The van der Waals surface area contributed by atoms with Gasteiger partial charge in [-0.1, -0.05) is 96.0 Å². The average molecular weight is 582 g/mol. The van der Waals surface area contributed by atoms with Crippen LogP contribution < -0.4 is 4.90 Å². The summed E-state index contributed by atoms with van der Waals surface area (Å²) in [5.41, 5.74) is 9.53. The minimum absolute atomic E-state index is 0.371. The first-order valence-corrected chi connectivity index (χ1v) is 14.6. The van der Waals surface area contributed by atoms with E-state index in [2.05, 4.69) is 62.3 Å². The van der Waals surface area contributed by atoms with Crippen molar-refractivity contribution >= 4 is 39.5 Å². The lowest BCUT2D eigenvalue weighted by molar-refractivity contribution is 0.457. The van der Waals surface area contributed by atoms with Gasteiger partial charge in [-0.3, -0.25) is 4.90 Å². The summed E-state index contributed by atoms with van der Waals surface area (Å²) in [4.78, 5) is 21.3. The summed E-state index contributed by atoms with van der Waals surface area (Å²) in [6, 6.07) is 24.6. The third kappa shape index (κ3) is 4.76. The van der Waals surface area contributed by atoms with Crippen LogP contribution in [0, 0.1) is 27.7 Å². The lowest BCUT2D eigenvalue weighted by Crippen LogP contribution is -2.15. The summed E-state index contributed by atoms with van der Waals surface area (Å²) in [6.45, 7) is 12.2. The molecule has 0 aliphatic carbocycles. The first-order valence-electron chi connectivity index (χ1n) is 14.6. The maximum absolute atomic E-state index is 6.03. The highest BCUT2D eigenvalue weighted by Gasteiger charge is 2.29. The molecule has 218 valence electrons. The van der Waals surface area contributed by atoms with Gasteiger partial charge >= 0.3 is 0 Å². The van der Waals surface area contributed by atoms with Crippen LogP contribution in [0.3, 0.4) is 0 Å². The Balaban J connectivity index is 1.49. The third-order valence-corrected chi connectivity index (χ3v) is 7.72. The topological polar surface area (TPSA) is 107 Å². The maximum Gasteiger partial charge on any atom is 0.229 e. The highest BCUT2D eigenvalue weighted by molar-refractivity contribution is 6.01. The number of fused-ring (bicyclic) bond motifs is 2. The minimum Gasteiger partial charge on any atom is -0.350 e. The molecule has 0 atom stereocenters. The molecule has 7 rings (SSSR count). The van der Waals surface area contributed by atoms with Crippen LogP contribution in [0.25, 0.3) is 44.7 Å². The summed E-state index contributed by atoms with van der Waals surface area (Å²) in [6.07, 6.45) is 0. The van der Waals surface area contributed by atoms with E-state index in [9.17, 15) is 0 Å². The van der Waals surface area contributed by atoms with Gasteiger partial charge in [0.25, 0.3) is 0 Å². The van der Waals surface area contributed by atoms with Crippen molar-refractivity contribution in [1.29, 1.82) is 0 Å². The van der Waals surface area contributed by atoms with E-state index in [1.165, 1.54) is 5.56 Å². The molecule has 9 heteroatoms. The van der Waals surface area contributed by atoms with Crippen LogP contribution in [0.4, 0.5) is 17.3 Å². The van der Waals surface area contributed by atoms with Crippen LogP contribution in [-0.2, 0) is 0 Å². The van der Waals surface area contributed by atoms with Gasteiger partial charge in [-0.15, -0.1) is 0 Å². The molecule has 4 heterocycles. The van der Waals surface area contributed by atoms with Crippen molar-refractivity contribution in [3.05, 3.63) is 101 Å². The van der Waals surface area contributed by atoms with Crippen molar-refractivity contribution in [2.75, 3.05) is 4.90 Å². The Kier molecular flexibility index (Phi) is 6.65. The first-order chi connectivity index (χ1) is 21.3. The van der Waals surface area contributed by atoms with Gasteiger partial charge in [0.1, 0.15) is 34.1 Å². The lowest BCUT2D eigenvalue weighted by atomic mass is 10.0. The fourth-order valence-electron chi connectivity index (χ4n) is 5.31. The lowest BCUT2D eigenvalue weighted by Gasteiger charge is -2.23. The zero-order valence-corrected chi connectivity index (χ0v) is 25.5. The molecule has 0 radical (unpaired) electrons. The molecule has 0 spiro atoms. The number of aromatic nitrogens is 6. The maximum atomic E-state index is 6.03. The Hall–Kier alpha value is -5.44. The molecular weight excluding hydrogens is 550 g/mol. The molecule has 0 aliphatic rings. The van der Waals surface area contributed by atoms with Crippen LogP contribution in [-0.4, -0.2) is 30.2 Å². The Morgan fingerprint density at radius 2 is 0.977 bits per heavy atom. The fourth-order valence-corrected chi connectivity index (χ4v) is 5.31. The number of nitrogens with zero attached hydrogens (tertiary/aromatic N) is 7. The van der Waals surface area contributed by atoms with Crippen molar-refractivity contribution in [2.24, 2.45) is 0 Å². The smallest absolute Gasteiger partial charge is 0.229 e. The van der Waals surface area contributed by atoms with E-state index in [4.69, 9.17) is 29.0 Å². The molecule has 0 saturated heterocycles. The highest BCUT2D eigenvalue weighted by Crippen LogP contribution is 2.42. The second-order valence-corrected chi connectivity index (χ2v) is 11.4. The van der Waals surface area contributed by atoms with Crippen molar-refractivity contribution in [3.63, 3.8) is 0 Å². The summed E-state index contributed by atoms with van der Waals surface area (Å²) in [5, 5.41) is 8.92. The largest absolute Gasteiger partial charge is 0.350 e. The monoisotopic (exact) mass is 581 g/mol. The van der Waals surface area contributed by atoms with E-state index < -0.39 is 0 Å². The predicted octanol–water partition coefficient (Wildman–Crippen LogP) is 8.71. The standard InChI is InChI=1S/C35H31N7O2/c1-19(2)24-15-17-27(18-16-24)42(34-32-30(36-22(5)38-34)28(40-43-32)25-11-7-20(3)8-12-25)35-33-31(37-23(6)39-35)29(41-44-33)26-13-9-21(4)10-14-26/h7-19H,1-6H3. The predicted molar refractivity (Wildman–Crippen MR) is 171 cm³/mol. The van der Waals surface area contributed by atoms with E-state index in [0.717, 1.165) is 27.9 Å². The molecular formula is C35H31N7O2. The molecule has 0 amide bonds. The molecule has 3 aromatic carbocycles. The Labute approximate surface area is 254 Å². The summed E-state index contributed by atoms with van der Waals surface area (Å²) < 4.78 is 12.1. The van der Waals surface area contributed by atoms with Crippen molar-refractivity contribution in [3.8, 4) is 22.5 Å². The second kappa shape index (κ2) is 10.7. The highest BCUT2D eigenvalue weighted by atomic mass is 16.5. The molecule has 7 aromatic rings. The Morgan fingerprint density at radius 1 is 0.545 bits per heavy atom. The van der Waals surface area contributed by atoms with Crippen LogP contribution in [0.2, 0.25) is 0 Å². The average Bonchev–Trinajstić information content (AvgIpc) is 3.63. The number of rotatable bonds is 6. The van der Waals surface area contributed by atoms with E-state index >= 15 is 0 Å². The quantitative estimate of drug-likeness (QED) is 0.190. The Morgan fingerprint density at radius 3 is 1.39 bits per heavy atom. The van der Waals surface area contributed by atoms with E-state index in [0.29, 0.717) is 62.8 Å². The van der Waals surface area contributed by atoms with Gasteiger partial charge < -0.3 is 9.05 Å². The van der Waals surface area contributed by atoms with Gasteiger partial charge in [-0.05, 0) is 51.3 Å². The third-order valence-electron chi connectivity index (χ3n) is 7.72. The van der Waals surface area contributed by atoms with Gasteiger partial charge in [0.15, 0.2) is 11.6 Å². The van der Waals surface area contributed by atoms with E-state index in [-0.39, 0.29) is 0 Å². The normalized spacial score (nSPS) is 11.6. The molecule has 44 heavy (non-hydrogen) atoms. The first kappa shape index (κ1) is 27.4. The number of anilines is 3. The molecule has 0 saturated carbocycles. The summed E-state index contributed by atoms with van der Waals surface area (Å²) in [5.74, 6) is 2.48. The SMILES string of the molecule is Cc1ccc(-c2noc3c(N(c4ccc(C(C)C)cc4)c4nc(C)nc5c(-c6ccc(C)cc6)noc45)nc(C)nc23)cc1. The minimum atomic E-state index is 0.371. The van der Waals surface area contributed by atoms with Gasteiger partial charge in [0, 0.05) is 16.8 Å². The molecule has 4 aromatic heterocycles. The fraction of sp³-hybridized carbons (Fsp3) is 0.200. The molecule has 0 fully saturated rings.